The maximum atomic E-state index is 4.79. The van der Waals surface area contributed by atoms with Crippen molar-refractivity contribution in [2.45, 2.75) is 19.3 Å². The zero-order valence-corrected chi connectivity index (χ0v) is 16.3. The van der Waals surface area contributed by atoms with Crippen molar-refractivity contribution in [3.8, 4) is 5.69 Å². The SMILES string of the molecule is CC1(C)c2cc3c(cc2-n2c4ncccc4c4cccc1c42)[nH]c1ccccc13. The third-order valence-electron chi connectivity index (χ3n) is 6.76. The molecule has 0 bridgehead atoms. The van der Waals surface area contributed by atoms with Gasteiger partial charge in [-0.1, -0.05) is 50.2 Å². The molecule has 0 aliphatic carbocycles. The maximum Gasteiger partial charge on any atom is 0.145 e. The number of hydrogen-bond acceptors (Lipinski definition) is 1. The highest BCUT2D eigenvalue weighted by molar-refractivity contribution is 6.12. The first-order valence-electron chi connectivity index (χ1n) is 10.1. The summed E-state index contributed by atoms with van der Waals surface area (Å²) in [5.41, 5.74) is 8.51. The highest BCUT2D eigenvalue weighted by Gasteiger charge is 2.35. The summed E-state index contributed by atoms with van der Waals surface area (Å²) in [5, 5.41) is 5.05. The zero-order valence-electron chi connectivity index (χ0n) is 16.3. The molecular weight excluding hydrogens is 354 g/mol. The molecule has 29 heavy (non-hydrogen) atoms. The molecule has 6 aromatic rings. The number of rotatable bonds is 0. The molecule has 0 unspecified atom stereocenters. The van der Waals surface area contributed by atoms with Crippen LogP contribution >= 0.6 is 0 Å². The fourth-order valence-electron chi connectivity index (χ4n) is 5.35. The predicted molar refractivity (Wildman–Crippen MR) is 120 cm³/mol. The van der Waals surface area contributed by atoms with E-state index in [1.165, 1.54) is 54.9 Å². The molecule has 138 valence electrons. The number of hydrogen-bond donors (Lipinski definition) is 1. The lowest BCUT2D eigenvalue weighted by Crippen LogP contribution is -2.26. The molecule has 3 nitrogen and oxygen atoms in total. The van der Waals surface area contributed by atoms with Gasteiger partial charge in [-0.3, -0.25) is 4.57 Å². The van der Waals surface area contributed by atoms with Gasteiger partial charge in [-0.05, 0) is 41.5 Å². The van der Waals surface area contributed by atoms with Crippen LogP contribution in [0.15, 0.2) is 72.9 Å². The summed E-state index contributed by atoms with van der Waals surface area (Å²) < 4.78 is 2.37. The van der Waals surface area contributed by atoms with Gasteiger partial charge in [0.15, 0.2) is 0 Å². The first-order chi connectivity index (χ1) is 14.1. The van der Waals surface area contributed by atoms with Crippen molar-refractivity contribution in [3.05, 3.63) is 84.1 Å². The van der Waals surface area contributed by atoms with Crippen molar-refractivity contribution in [2.75, 3.05) is 0 Å². The fourth-order valence-corrected chi connectivity index (χ4v) is 5.35. The number of aromatic nitrogens is 3. The monoisotopic (exact) mass is 373 g/mol. The standard InChI is InChI=1S/C26H19N3/c1-26(2)19-10-5-8-16-17-9-6-12-27-25(17)29(24(16)19)23-14-22-18(13-20(23)26)15-7-3-4-11-21(15)28-22/h3-14,28H,1-2H3. The van der Waals surface area contributed by atoms with Gasteiger partial charge in [-0.25, -0.2) is 4.98 Å². The van der Waals surface area contributed by atoms with Crippen LogP contribution in [0.2, 0.25) is 0 Å². The lowest BCUT2D eigenvalue weighted by atomic mass is 9.74. The summed E-state index contributed by atoms with van der Waals surface area (Å²) >= 11 is 0. The molecule has 1 N–H and O–H groups in total. The van der Waals surface area contributed by atoms with Gasteiger partial charge in [0.25, 0.3) is 0 Å². The van der Waals surface area contributed by atoms with Gasteiger partial charge in [0.05, 0.1) is 11.2 Å². The summed E-state index contributed by atoms with van der Waals surface area (Å²) in [4.78, 5) is 8.40. The Morgan fingerprint density at radius 1 is 0.759 bits per heavy atom. The van der Waals surface area contributed by atoms with Crippen LogP contribution in [-0.2, 0) is 5.41 Å². The topological polar surface area (TPSA) is 33.6 Å². The molecule has 1 aliphatic rings. The number of benzene rings is 3. The summed E-state index contributed by atoms with van der Waals surface area (Å²) in [5.74, 6) is 0. The average Bonchev–Trinajstić information content (AvgIpc) is 3.27. The van der Waals surface area contributed by atoms with Crippen LogP contribution in [0.1, 0.15) is 25.0 Å². The second-order valence-corrected chi connectivity index (χ2v) is 8.62. The van der Waals surface area contributed by atoms with Gasteiger partial charge in [0.2, 0.25) is 0 Å². The number of H-pyrrole nitrogens is 1. The summed E-state index contributed by atoms with van der Waals surface area (Å²) in [6.45, 7) is 4.69. The fraction of sp³-hybridized carbons (Fsp3) is 0.115. The van der Waals surface area contributed by atoms with E-state index >= 15 is 0 Å². The Balaban J connectivity index is 1.75. The molecule has 0 saturated carbocycles. The van der Waals surface area contributed by atoms with E-state index in [1.807, 2.05) is 12.3 Å². The van der Waals surface area contributed by atoms with Gasteiger partial charge in [0.1, 0.15) is 5.65 Å². The van der Waals surface area contributed by atoms with Crippen molar-refractivity contribution in [2.24, 2.45) is 0 Å². The molecule has 0 radical (unpaired) electrons. The molecule has 1 aliphatic heterocycles. The Labute approximate surface area is 167 Å². The Morgan fingerprint density at radius 2 is 1.59 bits per heavy atom. The van der Waals surface area contributed by atoms with Crippen LogP contribution in [0.25, 0.3) is 49.4 Å². The van der Waals surface area contributed by atoms with Gasteiger partial charge < -0.3 is 4.98 Å². The minimum atomic E-state index is -0.0915. The number of fused-ring (bicyclic) bond motifs is 8. The normalized spacial score (nSPS) is 14.8. The van der Waals surface area contributed by atoms with Crippen molar-refractivity contribution in [1.29, 1.82) is 0 Å². The van der Waals surface area contributed by atoms with E-state index in [4.69, 9.17) is 4.98 Å². The molecule has 4 heterocycles. The second-order valence-electron chi connectivity index (χ2n) is 8.62. The summed E-state index contributed by atoms with van der Waals surface area (Å²) in [6.07, 6.45) is 1.89. The Hall–Kier alpha value is -3.59. The smallest absolute Gasteiger partial charge is 0.145 e. The van der Waals surface area contributed by atoms with E-state index < -0.39 is 0 Å². The zero-order chi connectivity index (χ0) is 19.3. The van der Waals surface area contributed by atoms with Crippen molar-refractivity contribution in [1.82, 2.24) is 14.5 Å². The van der Waals surface area contributed by atoms with Crippen LogP contribution < -0.4 is 0 Å². The number of aromatic amines is 1. The van der Waals surface area contributed by atoms with Crippen LogP contribution in [0.4, 0.5) is 0 Å². The molecule has 0 amide bonds. The predicted octanol–water partition coefficient (Wildman–Crippen LogP) is 6.45. The minimum absolute atomic E-state index is 0.0915. The van der Waals surface area contributed by atoms with E-state index in [-0.39, 0.29) is 5.41 Å². The lowest BCUT2D eigenvalue weighted by Gasteiger charge is -2.34. The molecular formula is C26H19N3. The highest BCUT2D eigenvalue weighted by Crippen LogP contribution is 2.48. The quantitative estimate of drug-likeness (QED) is 0.326. The van der Waals surface area contributed by atoms with Crippen molar-refractivity contribution < 1.29 is 0 Å². The lowest BCUT2D eigenvalue weighted by molar-refractivity contribution is 0.631. The molecule has 0 saturated heterocycles. The largest absolute Gasteiger partial charge is 0.354 e. The van der Waals surface area contributed by atoms with E-state index in [0.717, 1.165) is 5.65 Å². The molecule has 0 atom stereocenters. The van der Waals surface area contributed by atoms with Crippen LogP contribution in [0.5, 0.6) is 0 Å². The van der Waals surface area contributed by atoms with Crippen molar-refractivity contribution in [3.63, 3.8) is 0 Å². The summed E-state index contributed by atoms with van der Waals surface area (Å²) in [6, 6.07) is 24.2. The first kappa shape index (κ1) is 15.3. The van der Waals surface area contributed by atoms with Crippen LogP contribution in [0.3, 0.4) is 0 Å². The van der Waals surface area contributed by atoms with Gasteiger partial charge in [0, 0.05) is 44.2 Å². The third-order valence-corrected chi connectivity index (χ3v) is 6.76. The van der Waals surface area contributed by atoms with E-state index in [9.17, 15) is 0 Å². The Morgan fingerprint density at radius 3 is 2.52 bits per heavy atom. The number of pyridine rings is 1. The van der Waals surface area contributed by atoms with Crippen LogP contribution in [0, 0.1) is 0 Å². The van der Waals surface area contributed by atoms with E-state index in [1.54, 1.807) is 0 Å². The maximum absolute atomic E-state index is 4.79. The van der Waals surface area contributed by atoms with E-state index in [2.05, 4.69) is 84.1 Å². The molecule has 3 heteroatoms. The van der Waals surface area contributed by atoms with Crippen molar-refractivity contribution >= 4 is 43.7 Å². The van der Waals surface area contributed by atoms with E-state index in [0.29, 0.717) is 0 Å². The Kier molecular flexibility index (Phi) is 2.58. The van der Waals surface area contributed by atoms with Gasteiger partial charge >= 0.3 is 0 Å². The molecule has 7 rings (SSSR count). The molecule has 0 fully saturated rings. The number of para-hydroxylation sites is 2. The highest BCUT2D eigenvalue weighted by atomic mass is 15.1. The van der Waals surface area contributed by atoms with Gasteiger partial charge in [-0.2, -0.15) is 0 Å². The first-order valence-corrected chi connectivity index (χ1v) is 10.1. The summed E-state index contributed by atoms with van der Waals surface area (Å²) in [7, 11) is 0. The second kappa shape index (κ2) is 4.87. The van der Waals surface area contributed by atoms with Crippen LogP contribution in [-0.4, -0.2) is 14.5 Å². The molecule has 3 aromatic carbocycles. The molecule has 0 spiro atoms. The number of nitrogens with zero attached hydrogens (tertiary/aromatic N) is 2. The average molecular weight is 373 g/mol. The third kappa shape index (κ3) is 1.72. The number of nitrogens with one attached hydrogen (secondary N) is 1. The minimum Gasteiger partial charge on any atom is -0.354 e. The van der Waals surface area contributed by atoms with Gasteiger partial charge in [-0.15, -0.1) is 0 Å². The Bertz CT molecular complexity index is 1630. The molecule has 3 aromatic heterocycles.